The summed E-state index contributed by atoms with van der Waals surface area (Å²) in [6.07, 6.45) is 6.28. The maximum absolute atomic E-state index is 11.3. The maximum Gasteiger partial charge on any atom is 0.146 e. The Morgan fingerprint density at radius 1 is 1.65 bits per heavy atom. The molecule has 0 saturated heterocycles. The van der Waals surface area contributed by atoms with Crippen LogP contribution in [0.5, 0.6) is 0 Å². The van der Waals surface area contributed by atoms with Crippen LogP contribution in [0.4, 0.5) is 0 Å². The number of aliphatic hydroxyl groups is 1. The summed E-state index contributed by atoms with van der Waals surface area (Å²) in [6, 6.07) is 0. The number of hydrogen-bond donors (Lipinski definition) is 1. The van der Waals surface area contributed by atoms with Gasteiger partial charge in [-0.25, -0.2) is 0 Å². The Labute approximate surface area is 103 Å². The topological polar surface area (TPSA) is 37.3 Å². The van der Waals surface area contributed by atoms with Gasteiger partial charge in [-0.15, -0.1) is 0 Å². The first-order valence-electron chi connectivity index (χ1n) is 6.50. The van der Waals surface area contributed by atoms with Crippen molar-refractivity contribution in [2.45, 2.75) is 45.6 Å². The molecule has 1 fully saturated rings. The Morgan fingerprint density at radius 3 is 2.88 bits per heavy atom. The van der Waals surface area contributed by atoms with Crippen LogP contribution >= 0.6 is 0 Å². The van der Waals surface area contributed by atoms with Crippen molar-refractivity contribution < 1.29 is 9.90 Å². The molecule has 4 unspecified atom stereocenters. The average Bonchev–Trinajstić information content (AvgIpc) is 2.70. The smallest absolute Gasteiger partial charge is 0.146 e. The van der Waals surface area contributed by atoms with Crippen molar-refractivity contribution in [1.82, 2.24) is 0 Å². The molecule has 2 aliphatic rings. The molecule has 0 aromatic heterocycles. The minimum absolute atomic E-state index is 0.00456. The molecule has 0 aromatic rings. The third-order valence-electron chi connectivity index (χ3n) is 4.86. The molecule has 17 heavy (non-hydrogen) atoms. The molecule has 0 heterocycles. The zero-order valence-corrected chi connectivity index (χ0v) is 10.8. The van der Waals surface area contributed by atoms with Crippen molar-refractivity contribution >= 4 is 6.29 Å². The number of aliphatic hydroxyl groups excluding tert-OH is 1. The Bertz CT molecular complexity index is 369. The number of hydrogen-bond acceptors (Lipinski definition) is 2. The standard InChI is InChI=1S/C15H22O2/c1-10(2)12-4-5-15(8-12)11(3)6-14(17)7-13(15)9-16/h7,9,11-12,14,17H,1,4-6,8H2,2-3H3. The first kappa shape index (κ1) is 12.6. The van der Waals surface area contributed by atoms with E-state index in [9.17, 15) is 9.90 Å². The molecule has 0 amide bonds. The second kappa shape index (κ2) is 4.41. The van der Waals surface area contributed by atoms with Gasteiger partial charge in [0.1, 0.15) is 6.29 Å². The van der Waals surface area contributed by atoms with E-state index in [1.54, 1.807) is 6.08 Å². The predicted molar refractivity (Wildman–Crippen MR) is 68.5 cm³/mol. The lowest BCUT2D eigenvalue weighted by molar-refractivity contribution is -0.106. The van der Waals surface area contributed by atoms with Gasteiger partial charge in [-0.2, -0.15) is 0 Å². The molecular weight excluding hydrogens is 212 g/mol. The SMILES string of the molecule is C=C(C)C1CCC2(C1)C(C=O)=CC(O)CC2C. The molecule has 2 rings (SSSR count). The van der Waals surface area contributed by atoms with Crippen LogP contribution in [0, 0.1) is 17.3 Å². The van der Waals surface area contributed by atoms with Crippen LogP contribution in [-0.2, 0) is 4.79 Å². The molecule has 1 saturated carbocycles. The van der Waals surface area contributed by atoms with Crippen molar-refractivity contribution in [3.63, 3.8) is 0 Å². The highest BCUT2D eigenvalue weighted by molar-refractivity contribution is 5.76. The summed E-state index contributed by atoms with van der Waals surface area (Å²) in [5, 5.41) is 9.75. The van der Waals surface area contributed by atoms with Crippen LogP contribution < -0.4 is 0 Å². The molecule has 94 valence electrons. The van der Waals surface area contributed by atoms with Gasteiger partial charge in [0, 0.05) is 5.41 Å². The number of aldehydes is 1. The van der Waals surface area contributed by atoms with Crippen LogP contribution in [0.1, 0.15) is 39.5 Å². The second-order valence-electron chi connectivity index (χ2n) is 5.89. The van der Waals surface area contributed by atoms with Crippen LogP contribution in [0.25, 0.3) is 0 Å². The van der Waals surface area contributed by atoms with E-state index in [1.165, 1.54) is 5.57 Å². The fourth-order valence-corrected chi connectivity index (χ4v) is 3.68. The molecule has 0 radical (unpaired) electrons. The molecule has 4 atom stereocenters. The zero-order valence-electron chi connectivity index (χ0n) is 10.8. The molecular formula is C15H22O2. The number of allylic oxidation sites excluding steroid dienone is 2. The third kappa shape index (κ3) is 1.99. The highest BCUT2D eigenvalue weighted by Gasteiger charge is 2.48. The number of carbonyl (C=O) groups excluding carboxylic acids is 1. The van der Waals surface area contributed by atoms with Crippen LogP contribution in [-0.4, -0.2) is 17.5 Å². The lowest BCUT2D eigenvalue weighted by Crippen LogP contribution is -2.36. The summed E-state index contributed by atoms with van der Waals surface area (Å²) in [4.78, 5) is 11.3. The predicted octanol–water partition coefficient (Wildman–Crippen LogP) is 2.88. The zero-order chi connectivity index (χ0) is 12.6. The summed E-state index contributed by atoms with van der Waals surface area (Å²) in [6.45, 7) is 8.30. The van der Waals surface area contributed by atoms with Gasteiger partial charge in [-0.3, -0.25) is 4.79 Å². The van der Waals surface area contributed by atoms with Gasteiger partial charge < -0.3 is 5.11 Å². The first-order chi connectivity index (χ1) is 7.99. The van der Waals surface area contributed by atoms with Gasteiger partial charge in [0.25, 0.3) is 0 Å². The summed E-state index contributed by atoms with van der Waals surface area (Å²) in [5.74, 6) is 0.920. The van der Waals surface area contributed by atoms with Crippen LogP contribution in [0.2, 0.25) is 0 Å². The average molecular weight is 234 g/mol. The minimum atomic E-state index is -0.445. The van der Waals surface area contributed by atoms with Crippen molar-refractivity contribution in [3.05, 3.63) is 23.8 Å². The fourth-order valence-electron chi connectivity index (χ4n) is 3.68. The number of rotatable bonds is 2. The maximum atomic E-state index is 11.3. The normalized spacial score (nSPS) is 41.4. The van der Waals surface area contributed by atoms with Gasteiger partial charge in [-0.05, 0) is 56.1 Å². The lowest BCUT2D eigenvalue weighted by Gasteiger charge is -2.41. The van der Waals surface area contributed by atoms with E-state index in [0.717, 1.165) is 37.5 Å². The minimum Gasteiger partial charge on any atom is -0.389 e. The van der Waals surface area contributed by atoms with E-state index < -0.39 is 6.10 Å². The Kier molecular flexibility index (Phi) is 3.26. The summed E-state index contributed by atoms with van der Waals surface area (Å²) in [5.41, 5.74) is 2.06. The van der Waals surface area contributed by atoms with E-state index >= 15 is 0 Å². The second-order valence-corrected chi connectivity index (χ2v) is 5.89. The van der Waals surface area contributed by atoms with E-state index in [1.807, 2.05) is 0 Å². The highest BCUT2D eigenvalue weighted by Crippen LogP contribution is 2.55. The van der Waals surface area contributed by atoms with Crippen LogP contribution in [0.3, 0.4) is 0 Å². The van der Waals surface area contributed by atoms with Crippen molar-refractivity contribution in [2.75, 3.05) is 0 Å². The van der Waals surface area contributed by atoms with E-state index in [2.05, 4.69) is 20.4 Å². The molecule has 1 spiro atoms. The summed E-state index contributed by atoms with van der Waals surface area (Å²) in [7, 11) is 0. The Balaban J connectivity index is 2.32. The van der Waals surface area contributed by atoms with Gasteiger partial charge >= 0.3 is 0 Å². The van der Waals surface area contributed by atoms with Gasteiger partial charge in [0.05, 0.1) is 6.10 Å². The van der Waals surface area contributed by atoms with E-state index in [-0.39, 0.29) is 5.41 Å². The molecule has 0 aromatic carbocycles. The van der Waals surface area contributed by atoms with Crippen molar-refractivity contribution in [3.8, 4) is 0 Å². The number of carbonyl (C=O) groups is 1. The van der Waals surface area contributed by atoms with Crippen LogP contribution in [0.15, 0.2) is 23.8 Å². The molecule has 2 heteroatoms. The third-order valence-corrected chi connectivity index (χ3v) is 4.86. The summed E-state index contributed by atoms with van der Waals surface area (Å²) >= 11 is 0. The monoisotopic (exact) mass is 234 g/mol. The van der Waals surface area contributed by atoms with Gasteiger partial charge in [0.2, 0.25) is 0 Å². The molecule has 1 N–H and O–H groups in total. The van der Waals surface area contributed by atoms with E-state index in [4.69, 9.17) is 0 Å². The quantitative estimate of drug-likeness (QED) is 0.589. The first-order valence-corrected chi connectivity index (χ1v) is 6.50. The molecule has 2 nitrogen and oxygen atoms in total. The van der Waals surface area contributed by atoms with Gasteiger partial charge in [0.15, 0.2) is 0 Å². The molecule has 2 aliphatic carbocycles. The van der Waals surface area contributed by atoms with Crippen molar-refractivity contribution in [1.29, 1.82) is 0 Å². The van der Waals surface area contributed by atoms with E-state index in [0.29, 0.717) is 11.8 Å². The molecule has 0 bridgehead atoms. The largest absolute Gasteiger partial charge is 0.389 e. The summed E-state index contributed by atoms with van der Waals surface area (Å²) < 4.78 is 0. The fraction of sp³-hybridized carbons (Fsp3) is 0.667. The highest BCUT2D eigenvalue weighted by atomic mass is 16.3. The molecule has 0 aliphatic heterocycles. The van der Waals surface area contributed by atoms with Gasteiger partial charge in [-0.1, -0.05) is 19.1 Å². The van der Waals surface area contributed by atoms with Crippen molar-refractivity contribution in [2.24, 2.45) is 17.3 Å². The Hall–Kier alpha value is -0.890. The Morgan fingerprint density at radius 2 is 2.35 bits per heavy atom. The lowest BCUT2D eigenvalue weighted by atomic mass is 9.64.